The van der Waals surface area contributed by atoms with Crippen LogP contribution in [-0.4, -0.2) is 43.9 Å². The number of H-pyrrole nitrogens is 1. The van der Waals surface area contributed by atoms with Crippen LogP contribution in [0.3, 0.4) is 0 Å². The third-order valence-electron chi connectivity index (χ3n) is 3.05. The molecule has 1 aliphatic heterocycles. The molecular weight excluding hydrogens is 296 g/mol. The second-order valence-electron chi connectivity index (χ2n) is 4.59. The van der Waals surface area contributed by atoms with Crippen molar-refractivity contribution >= 4 is 25.7 Å². The number of carbonyl (C=O) groups is 1. The molecule has 0 aromatic carbocycles. The molecule has 1 saturated carbocycles. The average Bonchev–Trinajstić information content (AvgIpc) is 3.00. The fourth-order valence-corrected chi connectivity index (χ4v) is 3.17. The molecule has 1 aliphatic carbocycles. The van der Waals surface area contributed by atoms with Crippen LogP contribution < -0.4 is 0 Å². The lowest BCUT2D eigenvalue weighted by molar-refractivity contribution is -0.103. The molecule has 0 amide bonds. The number of nitrogens with zero attached hydrogens (tertiary/aromatic N) is 1. The molecule has 0 atom stereocenters. The van der Waals surface area contributed by atoms with Crippen LogP contribution in [0.15, 0.2) is 4.90 Å². The molecule has 0 bridgehead atoms. The van der Waals surface area contributed by atoms with E-state index in [0.29, 0.717) is 18.9 Å². The summed E-state index contributed by atoms with van der Waals surface area (Å²) in [4.78, 5) is 11.6. The highest BCUT2D eigenvalue weighted by Crippen LogP contribution is 2.43. The number of aromatic amines is 1. The summed E-state index contributed by atoms with van der Waals surface area (Å²) in [7, 11) is 1.34. The van der Waals surface area contributed by atoms with Crippen molar-refractivity contribution in [2.75, 3.05) is 13.2 Å². The molecule has 104 valence electrons. The van der Waals surface area contributed by atoms with Gasteiger partial charge in [0, 0.05) is 16.6 Å². The van der Waals surface area contributed by atoms with Gasteiger partial charge in [0.25, 0.3) is 9.05 Å². The van der Waals surface area contributed by atoms with E-state index >= 15 is 0 Å². The van der Waals surface area contributed by atoms with E-state index in [1.165, 1.54) is 0 Å². The van der Waals surface area contributed by atoms with Gasteiger partial charge in [0.2, 0.25) is 0 Å². The quantitative estimate of drug-likeness (QED) is 0.651. The Morgan fingerprint density at radius 2 is 2.11 bits per heavy atom. The Hall–Kier alpha value is -1.12. The zero-order valence-corrected chi connectivity index (χ0v) is 11.3. The van der Waals surface area contributed by atoms with Gasteiger partial charge in [0.05, 0.1) is 18.9 Å². The predicted molar refractivity (Wildman–Crippen MR) is 63.6 cm³/mol. The predicted octanol–water partition coefficient (Wildman–Crippen LogP) is 0.770. The summed E-state index contributed by atoms with van der Waals surface area (Å²) >= 11 is 0. The molecule has 2 aliphatic rings. The van der Waals surface area contributed by atoms with E-state index in [4.69, 9.17) is 20.2 Å². The molecule has 3 rings (SSSR count). The normalized spacial score (nSPS) is 20.1. The summed E-state index contributed by atoms with van der Waals surface area (Å²) in [6.07, 6.45) is 1.36. The number of esters is 1. The molecule has 2 fully saturated rings. The van der Waals surface area contributed by atoms with Gasteiger partial charge in [-0.25, -0.2) is 13.2 Å². The van der Waals surface area contributed by atoms with Crippen molar-refractivity contribution in [3.8, 4) is 0 Å². The van der Waals surface area contributed by atoms with E-state index in [1.807, 2.05) is 0 Å². The second-order valence-corrected chi connectivity index (χ2v) is 7.09. The van der Waals surface area contributed by atoms with Gasteiger partial charge in [-0.3, -0.25) is 5.10 Å². The Morgan fingerprint density at radius 1 is 1.42 bits per heavy atom. The molecule has 19 heavy (non-hydrogen) atoms. The summed E-state index contributed by atoms with van der Waals surface area (Å²) in [6, 6.07) is 0. The highest BCUT2D eigenvalue weighted by molar-refractivity contribution is 8.13. The van der Waals surface area contributed by atoms with Crippen molar-refractivity contribution in [3.05, 3.63) is 11.4 Å². The number of hydrogen-bond donors (Lipinski definition) is 1. The molecule has 1 N–H and O–H groups in total. The Morgan fingerprint density at radius 3 is 2.58 bits per heavy atom. The van der Waals surface area contributed by atoms with Crippen LogP contribution in [0.25, 0.3) is 0 Å². The fourth-order valence-electron chi connectivity index (χ4n) is 1.87. The largest absolute Gasteiger partial charge is 0.453 e. The van der Waals surface area contributed by atoms with Crippen molar-refractivity contribution in [1.82, 2.24) is 10.2 Å². The van der Waals surface area contributed by atoms with Crippen LogP contribution in [0.5, 0.6) is 0 Å². The van der Waals surface area contributed by atoms with Crippen LogP contribution in [0, 0.1) is 0 Å². The first-order valence-corrected chi connectivity index (χ1v) is 8.09. The summed E-state index contributed by atoms with van der Waals surface area (Å²) in [6.45, 7) is 0.628. The lowest BCUT2D eigenvalue weighted by Gasteiger charge is -2.25. The fraction of sp³-hybridized carbons (Fsp3) is 0.600. The summed E-state index contributed by atoms with van der Waals surface area (Å²) < 4.78 is 33.2. The third kappa shape index (κ3) is 2.47. The maximum Gasteiger partial charge on any atom is 0.360 e. The average molecular weight is 307 g/mol. The Kier molecular flexibility index (Phi) is 3.03. The Bertz CT molecular complexity index is 618. The Labute approximate surface area is 113 Å². The second kappa shape index (κ2) is 4.46. The zero-order valence-electron chi connectivity index (χ0n) is 9.76. The van der Waals surface area contributed by atoms with Gasteiger partial charge in [-0.15, -0.1) is 0 Å². The topological polar surface area (TPSA) is 98.3 Å². The van der Waals surface area contributed by atoms with Gasteiger partial charge in [-0.2, -0.15) is 5.10 Å². The lowest BCUT2D eigenvalue weighted by Crippen LogP contribution is -2.38. The van der Waals surface area contributed by atoms with Crippen LogP contribution in [0.4, 0.5) is 0 Å². The number of hydrogen-bond acceptors (Lipinski definition) is 6. The maximum absolute atomic E-state index is 11.9. The number of carbonyl (C=O) groups excluding carboxylic acids is 1. The molecule has 2 heterocycles. The summed E-state index contributed by atoms with van der Waals surface area (Å²) in [5, 5.41) is 6.34. The van der Waals surface area contributed by atoms with E-state index in [0.717, 1.165) is 12.8 Å². The lowest BCUT2D eigenvalue weighted by atomic mass is 10.2. The highest BCUT2D eigenvalue weighted by Gasteiger charge is 2.37. The summed E-state index contributed by atoms with van der Waals surface area (Å²) in [5.74, 6) is -0.722. The molecule has 0 unspecified atom stereocenters. The van der Waals surface area contributed by atoms with E-state index in [9.17, 15) is 13.2 Å². The summed E-state index contributed by atoms with van der Waals surface area (Å²) in [5.41, 5.74) is 0.121. The SMILES string of the molecule is O=C(OC1COC1)c1n[nH]c(C2CC2)c1S(=O)(=O)Cl. The van der Waals surface area contributed by atoms with Crippen LogP contribution in [0.2, 0.25) is 0 Å². The van der Waals surface area contributed by atoms with Crippen molar-refractivity contribution in [1.29, 1.82) is 0 Å². The van der Waals surface area contributed by atoms with Crippen molar-refractivity contribution in [3.63, 3.8) is 0 Å². The smallest absolute Gasteiger partial charge is 0.360 e. The monoisotopic (exact) mass is 306 g/mol. The van der Waals surface area contributed by atoms with E-state index in [1.54, 1.807) is 0 Å². The van der Waals surface area contributed by atoms with Crippen LogP contribution >= 0.6 is 10.7 Å². The molecule has 1 aromatic rings. The Balaban J connectivity index is 1.93. The maximum atomic E-state index is 11.9. The number of halogens is 1. The first kappa shape index (κ1) is 12.9. The van der Waals surface area contributed by atoms with Gasteiger partial charge in [0.15, 0.2) is 5.69 Å². The molecule has 0 spiro atoms. The first-order valence-electron chi connectivity index (χ1n) is 5.78. The minimum atomic E-state index is -4.05. The van der Waals surface area contributed by atoms with Crippen molar-refractivity contribution < 1.29 is 22.7 Å². The van der Waals surface area contributed by atoms with E-state index < -0.39 is 15.0 Å². The number of aromatic nitrogens is 2. The standard InChI is InChI=1S/C10H11ClN2O5S/c11-19(15,16)9-7(5-1-2-5)12-13-8(9)10(14)18-6-3-17-4-6/h5-6H,1-4H2,(H,12,13). The van der Waals surface area contributed by atoms with E-state index in [2.05, 4.69) is 10.2 Å². The van der Waals surface area contributed by atoms with Gasteiger partial charge in [-0.05, 0) is 12.8 Å². The molecule has 7 nitrogen and oxygen atoms in total. The molecule has 1 aromatic heterocycles. The molecule has 9 heteroatoms. The zero-order chi connectivity index (χ0) is 13.6. The minimum Gasteiger partial charge on any atom is -0.453 e. The van der Waals surface area contributed by atoms with Crippen molar-refractivity contribution in [2.45, 2.75) is 29.8 Å². The number of rotatable bonds is 4. The molecule has 1 saturated heterocycles. The number of ether oxygens (including phenoxy) is 2. The van der Waals surface area contributed by atoms with Crippen LogP contribution in [0.1, 0.15) is 34.9 Å². The first-order chi connectivity index (χ1) is 8.97. The highest BCUT2D eigenvalue weighted by atomic mass is 35.7. The third-order valence-corrected chi connectivity index (χ3v) is 4.42. The van der Waals surface area contributed by atoms with Crippen molar-refractivity contribution in [2.24, 2.45) is 0 Å². The van der Waals surface area contributed by atoms with Gasteiger partial charge in [-0.1, -0.05) is 0 Å². The van der Waals surface area contributed by atoms with E-state index in [-0.39, 0.29) is 22.6 Å². The van der Waals surface area contributed by atoms with Gasteiger partial charge >= 0.3 is 5.97 Å². The molecular formula is C10H11ClN2O5S. The number of nitrogens with one attached hydrogen (secondary N) is 1. The van der Waals surface area contributed by atoms with Gasteiger partial charge < -0.3 is 9.47 Å². The van der Waals surface area contributed by atoms with Gasteiger partial charge in [0.1, 0.15) is 11.0 Å². The van der Waals surface area contributed by atoms with Crippen LogP contribution in [-0.2, 0) is 18.5 Å². The minimum absolute atomic E-state index is 0.0737. The molecule has 0 radical (unpaired) electrons.